The average Bonchev–Trinajstić information content (AvgIpc) is 2.81. The molecule has 1 heterocycles. The van der Waals surface area contributed by atoms with Gasteiger partial charge in [0.1, 0.15) is 0 Å². The summed E-state index contributed by atoms with van der Waals surface area (Å²) < 4.78 is 0. The number of hydrogen-bond donors (Lipinski definition) is 2. The minimum absolute atomic E-state index is 0.0501. The van der Waals surface area contributed by atoms with Crippen molar-refractivity contribution in [2.24, 2.45) is 10.2 Å². The summed E-state index contributed by atoms with van der Waals surface area (Å²) in [5, 5.41) is 19.3. The average molecular weight is 279 g/mol. The van der Waals surface area contributed by atoms with Gasteiger partial charge in [0.15, 0.2) is 5.69 Å². The summed E-state index contributed by atoms with van der Waals surface area (Å²) in [4.78, 5) is 2.93. The Hall–Kier alpha value is -2.62. The fourth-order valence-electron chi connectivity index (χ4n) is 2.25. The summed E-state index contributed by atoms with van der Waals surface area (Å²) in [5.41, 5.74) is 4.49. The van der Waals surface area contributed by atoms with Crippen LogP contribution >= 0.6 is 0 Å². The Morgan fingerprint density at radius 2 is 1.81 bits per heavy atom. The maximum atomic E-state index is 10.0. The zero-order valence-corrected chi connectivity index (χ0v) is 12.1. The molecule has 0 bridgehead atoms. The van der Waals surface area contributed by atoms with Crippen molar-refractivity contribution < 1.29 is 5.11 Å². The first kappa shape index (κ1) is 13.4. The predicted molar refractivity (Wildman–Crippen MR) is 84.7 cm³/mol. The van der Waals surface area contributed by atoms with Gasteiger partial charge < -0.3 is 10.1 Å². The zero-order valence-electron chi connectivity index (χ0n) is 12.1. The molecular formula is C17H17N3O. The van der Waals surface area contributed by atoms with Crippen molar-refractivity contribution in [3.05, 3.63) is 53.6 Å². The Morgan fingerprint density at radius 3 is 2.52 bits per heavy atom. The van der Waals surface area contributed by atoms with Gasteiger partial charge >= 0.3 is 0 Å². The smallest absolute Gasteiger partial charge is 0.218 e. The molecule has 3 aromatic rings. The van der Waals surface area contributed by atoms with E-state index < -0.39 is 0 Å². The molecule has 0 spiro atoms. The number of nitrogens with zero attached hydrogens (tertiary/aromatic N) is 2. The number of hydrogen-bond acceptors (Lipinski definition) is 3. The van der Waals surface area contributed by atoms with Crippen LogP contribution in [0.3, 0.4) is 0 Å². The highest BCUT2D eigenvalue weighted by Gasteiger charge is 2.10. The fraction of sp³-hybridized carbons (Fsp3) is 0.176. The van der Waals surface area contributed by atoms with Gasteiger partial charge in [-0.05, 0) is 43.2 Å². The van der Waals surface area contributed by atoms with Gasteiger partial charge in [-0.2, -0.15) is 5.11 Å². The number of azo groups is 1. The van der Waals surface area contributed by atoms with Gasteiger partial charge in [0.2, 0.25) is 5.88 Å². The first-order valence-electron chi connectivity index (χ1n) is 6.99. The Labute approximate surface area is 123 Å². The van der Waals surface area contributed by atoms with Crippen LogP contribution in [0.2, 0.25) is 0 Å². The zero-order chi connectivity index (χ0) is 14.8. The Morgan fingerprint density at radius 1 is 1.05 bits per heavy atom. The second-order valence-electron chi connectivity index (χ2n) is 5.09. The summed E-state index contributed by atoms with van der Waals surface area (Å²) in [5.74, 6) is 0.0501. The lowest BCUT2D eigenvalue weighted by Gasteiger charge is -1.97. The van der Waals surface area contributed by atoms with E-state index in [9.17, 15) is 5.11 Å². The molecule has 0 saturated heterocycles. The fourth-order valence-corrected chi connectivity index (χ4v) is 2.25. The summed E-state index contributed by atoms with van der Waals surface area (Å²) in [7, 11) is 0. The standard InChI is InChI=1S/C17H17N3O/c1-3-12-6-9-15-14(10-12)16(17(21)18-15)20-19-13-7-4-11(2)5-8-13/h4-10,18,21H,3H2,1-2H3. The first-order valence-corrected chi connectivity index (χ1v) is 6.99. The number of fused-ring (bicyclic) bond motifs is 1. The van der Waals surface area contributed by atoms with E-state index in [1.54, 1.807) is 0 Å². The molecule has 0 saturated carbocycles. The van der Waals surface area contributed by atoms with E-state index in [0.29, 0.717) is 5.69 Å². The van der Waals surface area contributed by atoms with Crippen molar-refractivity contribution in [3.8, 4) is 5.88 Å². The second kappa shape index (κ2) is 5.40. The Kier molecular flexibility index (Phi) is 3.44. The number of benzene rings is 2. The number of aromatic hydroxyl groups is 1. The topological polar surface area (TPSA) is 60.7 Å². The molecule has 0 atom stereocenters. The minimum atomic E-state index is 0.0501. The van der Waals surface area contributed by atoms with Gasteiger partial charge in [-0.15, -0.1) is 5.11 Å². The first-order chi connectivity index (χ1) is 10.2. The van der Waals surface area contributed by atoms with Crippen LogP contribution in [0.1, 0.15) is 18.1 Å². The van der Waals surface area contributed by atoms with Crippen LogP contribution < -0.4 is 0 Å². The molecule has 0 amide bonds. The van der Waals surface area contributed by atoms with Crippen molar-refractivity contribution in [1.29, 1.82) is 0 Å². The van der Waals surface area contributed by atoms with Crippen LogP contribution in [0.5, 0.6) is 5.88 Å². The molecule has 106 valence electrons. The van der Waals surface area contributed by atoms with Crippen LogP contribution in [0.4, 0.5) is 11.4 Å². The van der Waals surface area contributed by atoms with Crippen LogP contribution in [-0.2, 0) is 6.42 Å². The van der Waals surface area contributed by atoms with Gasteiger partial charge in [0.05, 0.1) is 11.2 Å². The van der Waals surface area contributed by atoms with Crippen LogP contribution in [0.25, 0.3) is 10.9 Å². The van der Waals surface area contributed by atoms with Gasteiger partial charge in [-0.25, -0.2) is 0 Å². The number of aromatic amines is 1. The molecule has 2 N–H and O–H groups in total. The van der Waals surface area contributed by atoms with E-state index in [0.717, 1.165) is 23.0 Å². The molecule has 0 radical (unpaired) electrons. The lowest BCUT2D eigenvalue weighted by molar-refractivity contribution is 0.459. The normalized spacial score (nSPS) is 11.5. The van der Waals surface area contributed by atoms with E-state index in [2.05, 4.69) is 22.1 Å². The highest BCUT2D eigenvalue weighted by Crippen LogP contribution is 2.36. The SMILES string of the molecule is CCc1ccc2[nH]c(O)c(N=Nc3ccc(C)cc3)c2c1. The van der Waals surface area contributed by atoms with Crippen LogP contribution in [0, 0.1) is 6.92 Å². The Bertz CT molecular complexity index is 801. The monoisotopic (exact) mass is 279 g/mol. The van der Waals surface area contributed by atoms with Crippen molar-refractivity contribution in [3.63, 3.8) is 0 Å². The summed E-state index contributed by atoms with van der Waals surface area (Å²) >= 11 is 0. The number of H-pyrrole nitrogens is 1. The maximum absolute atomic E-state index is 10.0. The van der Waals surface area contributed by atoms with E-state index >= 15 is 0 Å². The van der Waals surface area contributed by atoms with Gasteiger partial charge in [-0.3, -0.25) is 0 Å². The van der Waals surface area contributed by atoms with E-state index in [1.807, 2.05) is 49.4 Å². The summed E-state index contributed by atoms with van der Waals surface area (Å²) in [6, 6.07) is 13.8. The lowest BCUT2D eigenvalue weighted by Crippen LogP contribution is -1.78. The van der Waals surface area contributed by atoms with Crippen LogP contribution in [-0.4, -0.2) is 10.1 Å². The van der Waals surface area contributed by atoms with Gasteiger partial charge in [0, 0.05) is 5.39 Å². The van der Waals surface area contributed by atoms with E-state index in [4.69, 9.17) is 0 Å². The molecule has 3 rings (SSSR count). The van der Waals surface area contributed by atoms with Crippen molar-refractivity contribution in [2.45, 2.75) is 20.3 Å². The van der Waals surface area contributed by atoms with Gasteiger partial charge in [-0.1, -0.05) is 30.7 Å². The number of aromatic nitrogens is 1. The van der Waals surface area contributed by atoms with Crippen molar-refractivity contribution >= 4 is 22.3 Å². The molecule has 0 aliphatic rings. The molecule has 4 nitrogen and oxygen atoms in total. The van der Waals surface area contributed by atoms with Crippen molar-refractivity contribution in [2.75, 3.05) is 0 Å². The van der Waals surface area contributed by atoms with Gasteiger partial charge in [0.25, 0.3) is 0 Å². The number of aryl methyl sites for hydroxylation is 2. The van der Waals surface area contributed by atoms with Crippen LogP contribution in [0.15, 0.2) is 52.7 Å². The Balaban J connectivity index is 2.03. The quantitative estimate of drug-likeness (QED) is 0.639. The molecule has 0 aliphatic carbocycles. The number of nitrogens with one attached hydrogen (secondary N) is 1. The molecule has 4 heteroatoms. The highest BCUT2D eigenvalue weighted by atomic mass is 16.3. The van der Waals surface area contributed by atoms with Crippen molar-refractivity contribution in [1.82, 2.24) is 4.98 Å². The third-order valence-corrected chi connectivity index (χ3v) is 3.52. The maximum Gasteiger partial charge on any atom is 0.218 e. The predicted octanol–water partition coefficient (Wildman–Crippen LogP) is 5.16. The minimum Gasteiger partial charge on any atom is -0.493 e. The lowest BCUT2D eigenvalue weighted by atomic mass is 10.1. The molecule has 0 aliphatic heterocycles. The molecule has 0 unspecified atom stereocenters. The summed E-state index contributed by atoms with van der Waals surface area (Å²) in [6.45, 7) is 4.12. The largest absolute Gasteiger partial charge is 0.493 e. The molecular weight excluding hydrogens is 262 g/mol. The number of rotatable bonds is 3. The third-order valence-electron chi connectivity index (χ3n) is 3.52. The van der Waals surface area contributed by atoms with E-state index in [-0.39, 0.29) is 5.88 Å². The molecule has 0 fully saturated rings. The third kappa shape index (κ3) is 2.65. The second-order valence-corrected chi connectivity index (χ2v) is 5.09. The molecule has 2 aromatic carbocycles. The highest BCUT2D eigenvalue weighted by molar-refractivity contribution is 5.94. The molecule has 21 heavy (non-hydrogen) atoms. The summed E-state index contributed by atoms with van der Waals surface area (Å²) in [6.07, 6.45) is 0.941. The molecule has 1 aromatic heterocycles. The van der Waals surface area contributed by atoms with E-state index in [1.165, 1.54) is 11.1 Å².